The van der Waals surface area contributed by atoms with Gasteiger partial charge in [0, 0.05) is 32.7 Å². The fraction of sp³-hybridized carbons (Fsp3) is 0.765. The van der Waals surface area contributed by atoms with Crippen molar-refractivity contribution >= 4 is 12.1 Å². The van der Waals surface area contributed by atoms with E-state index in [1.54, 1.807) is 9.80 Å². The summed E-state index contributed by atoms with van der Waals surface area (Å²) in [4.78, 5) is 27.7. The molecule has 1 heterocycles. The first-order valence-corrected chi connectivity index (χ1v) is 8.51. The van der Waals surface area contributed by atoms with Crippen molar-refractivity contribution in [1.29, 1.82) is 0 Å². The van der Waals surface area contributed by atoms with E-state index in [0.717, 1.165) is 25.8 Å². The molecule has 0 radical (unpaired) electrons. The molecule has 1 atom stereocenters. The molecule has 6 heteroatoms. The predicted octanol–water partition coefficient (Wildman–Crippen LogP) is 2.61. The summed E-state index contributed by atoms with van der Waals surface area (Å²) in [6, 6.07) is -0.0246. The third-order valence-electron chi connectivity index (χ3n) is 4.14. The summed E-state index contributed by atoms with van der Waals surface area (Å²) >= 11 is 0. The minimum Gasteiger partial charge on any atom is -0.444 e. The van der Waals surface area contributed by atoms with Crippen molar-refractivity contribution in [3.63, 3.8) is 0 Å². The average Bonchev–Trinajstić information content (AvgIpc) is 2.52. The molecule has 130 valence electrons. The fourth-order valence-corrected chi connectivity index (χ4v) is 2.80. The summed E-state index contributed by atoms with van der Waals surface area (Å²) < 4.78 is 5.36. The number of nitrogens with zero attached hydrogens (tertiary/aromatic N) is 2. The van der Waals surface area contributed by atoms with E-state index in [1.165, 1.54) is 0 Å². The normalized spacial score (nSPS) is 22.0. The number of hydrogen-bond donors (Lipinski definition) is 1. The minimum absolute atomic E-state index is 0.0246. The molecule has 1 fully saturated rings. The smallest absolute Gasteiger partial charge is 0.410 e. The van der Waals surface area contributed by atoms with Crippen LogP contribution >= 0.6 is 0 Å². The van der Waals surface area contributed by atoms with Crippen molar-refractivity contribution in [2.75, 3.05) is 32.7 Å². The molecule has 1 N–H and O–H groups in total. The van der Waals surface area contributed by atoms with Crippen LogP contribution in [-0.2, 0) is 4.74 Å². The number of hydrogen-bond acceptors (Lipinski definition) is 3. The molecule has 0 bridgehead atoms. The van der Waals surface area contributed by atoms with Gasteiger partial charge in [0.1, 0.15) is 5.60 Å². The highest BCUT2D eigenvalue weighted by molar-refractivity contribution is 5.75. The van der Waals surface area contributed by atoms with E-state index in [-0.39, 0.29) is 12.1 Å². The van der Waals surface area contributed by atoms with Gasteiger partial charge in [0.2, 0.25) is 0 Å². The lowest BCUT2D eigenvalue weighted by Gasteiger charge is -2.35. The van der Waals surface area contributed by atoms with Gasteiger partial charge in [-0.3, -0.25) is 0 Å². The average molecular weight is 323 g/mol. The fourth-order valence-electron chi connectivity index (χ4n) is 2.80. The summed E-state index contributed by atoms with van der Waals surface area (Å²) in [6.45, 7) is 8.45. The molecular formula is C17H29N3O3. The Bertz CT molecular complexity index is 448. The van der Waals surface area contributed by atoms with Gasteiger partial charge in [0.25, 0.3) is 0 Å². The van der Waals surface area contributed by atoms with Crippen molar-refractivity contribution in [3.8, 4) is 0 Å². The summed E-state index contributed by atoms with van der Waals surface area (Å²) in [5.41, 5.74) is -0.486. The second kappa shape index (κ2) is 7.70. The Balaban J connectivity index is 1.70. The Morgan fingerprint density at radius 2 is 1.78 bits per heavy atom. The van der Waals surface area contributed by atoms with Crippen molar-refractivity contribution in [1.82, 2.24) is 15.1 Å². The molecule has 23 heavy (non-hydrogen) atoms. The van der Waals surface area contributed by atoms with Gasteiger partial charge in [0.05, 0.1) is 0 Å². The summed E-state index contributed by atoms with van der Waals surface area (Å²) in [5, 5.41) is 3.02. The number of piperazine rings is 1. The molecule has 6 nitrogen and oxygen atoms in total. The van der Waals surface area contributed by atoms with Gasteiger partial charge in [0.15, 0.2) is 0 Å². The van der Waals surface area contributed by atoms with Gasteiger partial charge in [-0.25, -0.2) is 9.59 Å². The van der Waals surface area contributed by atoms with Crippen molar-refractivity contribution < 1.29 is 14.3 Å². The van der Waals surface area contributed by atoms with Crippen LogP contribution in [-0.4, -0.2) is 60.2 Å². The molecular weight excluding hydrogens is 294 g/mol. The second-order valence-corrected chi connectivity index (χ2v) is 7.29. The van der Waals surface area contributed by atoms with Crippen molar-refractivity contribution in [3.05, 3.63) is 12.2 Å². The number of ether oxygens (including phenoxy) is 1. The molecule has 0 aromatic heterocycles. The van der Waals surface area contributed by atoms with E-state index in [4.69, 9.17) is 4.74 Å². The number of rotatable bonds is 2. The molecule has 1 saturated heterocycles. The summed E-state index contributed by atoms with van der Waals surface area (Å²) in [6.07, 6.45) is 7.39. The minimum atomic E-state index is -0.486. The number of nitrogens with one attached hydrogen (secondary N) is 1. The zero-order valence-electron chi connectivity index (χ0n) is 14.5. The summed E-state index contributed by atoms with van der Waals surface area (Å²) in [7, 11) is 0. The van der Waals surface area contributed by atoms with E-state index in [0.29, 0.717) is 32.1 Å². The number of carbonyl (C=O) groups is 2. The topological polar surface area (TPSA) is 61.9 Å². The Labute approximate surface area is 138 Å². The molecule has 0 saturated carbocycles. The molecule has 0 spiro atoms. The third kappa shape index (κ3) is 5.77. The van der Waals surface area contributed by atoms with Crippen molar-refractivity contribution in [2.45, 2.75) is 45.6 Å². The number of allylic oxidation sites excluding steroid dienone is 2. The molecule has 1 aliphatic heterocycles. The maximum Gasteiger partial charge on any atom is 0.410 e. The maximum absolute atomic E-state index is 12.2. The van der Waals surface area contributed by atoms with E-state index < -0.39 is 5.60 Å². The van der Waals surface area contributed by atoms with Gasteiger partial charge in [-0.1, -0.05) is 12.2 Å². The van der Waals surface area contributed by atoms with Crippen LogP contribution < -0.4 is 5.32 Å². The van der Waals surface area contributed by atoms with Crippen LogP contribution in [0.25, 0.3) is 0 Å². The van der Waals surface area contributed by atoms with Crippen LogP contribution in [0.4, 0.5) is 9.59 Å². The van der Waals surface area contributed by atoms with E-state index in [1.807, 2.05) is 20.8 Å². The molecule has 3 amide bonds. The van der Waals surface area contributed by atoms with Crippen LogP contribution in [0.15, 0.2) is 12.2 Å². The van der Waals surface area contributed by atoms with E-state index in [2.05, 4.69) is 17.5 Å². The number of carbonyl (C=O) groups excluding carboxylic acids is 2. The number of urea groups is 1. The maximum atomic E-state index is 12.2. The standard InChI is InChI=1S/C17H29N3O3/c1-17(2,3)23-16(22)20-11-9-19(10-12-20)15(21)18-13-14-7-5-4-6-8-14/h4-5,14H,6-13H2,1-3H3,(H,18,21). The zero-order valence-corrected chi connectivity index (χ0v) is 14.5. The van der Waals surface area contributed by atoms with Gasteiger partial charge in [-0.2, -0.15) is 0 Å². The highest BCUT2D eigenvalue weighted by atomic mass is 16.6. The molecule has 2 rings (SSSR count). The second-order valence-electron chi connectivity index (χ2n) is 7.29. The van der Waals surface area contributed by atoms with E-state index >= 15 is 0 Å². The van der Waals surface area contributed by atoms with Gasteiger partial charge in [-0.15, -0.1) is 0 Å². The highest BCUT2D eigenvalue weighted by Gasteiger charge is 2.27. The predicted molar refractivity (Wildman–Crippen MR) is 89.3 cm³/mol. The van der Waals surface area contributed by atoms with Crippen molar-refractivity contribution in [2.24, 2.45) is 5.92 Å². The lowest BCUT2D eigenvalue weighted by molar-refractivity contribution is 0.0170. The highest BCUT2D eigenvalue weighted by Crippen LogP contribution is 2.17. The molecule has 1 unspecified atom stereocenters. The molecule has 0 aromatic rings. The number of amides is 3. The Morgan fingerprint density at radius 3 is 2.35 bits per heavy atom. The first kappa shape index (κ1) is 17.6. The van der Waals surface area contributed by atoms with Crippen LogP contribution in [0.2, 0.25) is 0 Å². The summed E-state index contributed by atoms with van der Waals surface area (Å²) in [5.74, 6) is 0.548. The van der Waals surface area contributed by atoms with Gasteiger partial charge >= 0.3 is 12.1 Å². The monoisotopic (exact) mass is 323 g/mol. The molecule has 2 aliphatic rings. The van der Waals surface area contributed by atoms with Crippen LogP contribution in [0.3, 0.4) is 0 Å². The lowest BCUT2D eigenvalue weighted by Crippen LogP contribution is -2.54. The first-order valence-electron chi connectivity index (χ1n) is 8.51. The quantitative estimate of drug-likeness (QED) is 0.795. The van der Waals surface area contributed by atoms with Crippen LogP contribution in [0.5, 0.6) is 0 Å². The third-order valence-corrected chi connectivity index (χ3v) is 4.14. The first-order chi connectivity index (χ1) is 10.8. The largest absolute Gasteiger partial charge is 0.444 e. The van der Waals surface area contributed by atoms with Gasteiger partial charge in [-0.05, 0) is 46.0 Å². The van der Waals surface area contributed by atoms with E-state index in [9.17, 15) is 9.59 Å². The van der Waals surface area contributed by atoms with Gasteiger partial charge < -0.3 is 19.9 Å². The Hall–Kier alpha value is -1.72. The zero-order chi connectivity index (χ0) is 16.9. The van der Waals surface area contributed by atoms with Crippen LogP contribution in [0, 0.1) is 5.92 Å². The SMILES string of the molecule is CC(C)(C)OC(=O)N1CCN(C(=O)NCC2CC=CCC2)CC1. The molecule has 0 aromatic carbocycles. The lowest BCUT2D eigenvalue weighted by atomic mass is 9.94. The van der Waals surface area contributed by atoms with Crippen LogP contribution in [0.1, 0.15) is 40.0 Å². The Kier molecular flexibility index (Phi) is 5.91. The Morgan fingerprint density at radius 1 is 1.13 bits per heavy atom. The molecule has 1 aliphatic carbocycles.